The molecule has 4 heteroatoms. The fourth-order valence-electron chi connectivity index (χ4n) is 2.81. The number of aryl methyl sites for hydroxylation is 1. The summed E-state index contributed by atoms with van der Waals surface area (Å²) in [6, 6.07) is 3.68. The summed E-state index contributed by atoms with van der Waals surface area (Å²) in [5, 5.41) is 3.29. The fourth-order valence-corrected chi connectivity index (χ4v) is 3.04. The molecule has 0 amide bonds. The summed E-state index contributed by atoms with van der Waals surface area (Å²) >= 11 is 5.96. The van der Waals surface area contributed by atoms with E-state index in [-0.39, 0.29) is 12.0 Å². The Bertz CT molecular complexity index is 435. The van der Waals surface area contributed by atoms with Crippen LogP contribution in [0.3, 0.4) is 0 Å². The molecule has 2 unspecified atom stereocenters. The van der Waals surface area contributed by atoms with Crippen LogP contribution in [0, 0.1) is 5.82 Å². The summed E-state index contributed by atoms with van der Waals surface area (Å²) in [6.07, 6.45) is 2.12. The van der Waals surface area contributed by atoms with Crippen molar-refractivity contribution in [2.75, 3.05) is 16.1 Å². The molecule has 2 atom stereocenters. The summed E-state index contributed by atoms with van der Waals surface area (Å²) in [5.41, 5.74) is 3.16. The number of halogens is 2. The third-order valence-corrected chi connectivity index (χ3v) is 3.81. The van der Waals surface area contributed by atoms with Crippen molar-refractivity contribution in [3.8, 4) is 0 Å². The van der Waals surface area contributed by atoms with Crippen LogP contribution in [-0.2, 0) is 6.42 Å². The van der Waals surface area contributed by atoms with Crippen molar-refractivity contribution in [3.05, 3.63) is 23.5 Å². The summed E-state index contributed by atoms with van der Waals surface area (Å²) in [6.45, 7) is 2.20. The van der Waals surface area contributed by atoms with Crippen molar-refractivity contribution in [3.63, 3.8) is 0 Å². The van der Waals surface area contributed by atoms with Gasteiger partial charge in [-0.15, -0.1) is 11.6 Å². The summed E-state index contributed by atoms with van der Waals surface area (Å²) in [5.74, 6) is 0.353. The number of anilines is 2. The first-order valence-electron chi connectivity index (χ1n) is 5.64. The summed E-state index contributed by atoms with van der Waals surface area (Å²) in [7, 11) is 0. The molecule has 0 radical (unpaired) electrons. The van der Waals surface area contributed by atoms with E-state index in [1.165, 1.54) is 0 Å². The van der Waals surface area contributed by atoms with E-state index in [1.54, 1.807) is 12.1 Å². The van der Waals surface area contributed by atoms with Crippen molar-refractivity contribution in [1.29, 1.82) is 0 Å². The lowest BCUT2D eigenvalue weighted by Crippen LogP contribution is -2.45. The number of nitrogens with one attached hydrogen (secondary N) is 1. The number of hydrogen-bond donors (Lipinski definition) is 1. The second-order valence-electron chi connectivity index (χ2n) is 4.57. The lowest BCUT2D eigenvalue weighted by molar-refractivity contribution is 0.540. The molecule has 0 saturated heterocycles. The number of alkyl halides is 1. The second-order valence-corrected chi connectivity index (χ2v) is 4.88. The van der Waals surface area contributed by atoms with E-state index < -0.39 is 0 Å². The Hall–Kier alpha value is -0.960. The van der Waals surface area contributed by atoms with Gasteiger partial charge in [0.15, 0.2) is 0 Å². The van der Waals surface area contributed by atoms with Gasteiger partial charge < -0.3 is 10.2 Å². The Kier molecular flexibility index (Phi) is 2.25. The van der Waals surface area contributed by atoms with Gasteiger partial charge in [-0.25, -0.2) is 4.39 Å². The van der Waals surface area contributed by atoms with Crippen molar-refractivity contribution in [1.82, 2.24) is 0 Å². The topological polar surface area (TPSA) is 15.3 Å². The molecule has 0 aromatic heterocycles. The summed E-state index contributed by atoms with van der Waals surface area (Å²) < 4.78 is 13.4. The molecule has 86 valence electrons. The molecule has 0 fully saturated rings. The highest BCUT2D eigenvalue weighted by molar-refractivity contribution is 6.18. The number of rotatable bonds is 1. The molecule has 2 heterocycles. The highest BCUT2D eigenvalue weighted by Crippen LogP contribution is 2.43. The molecule has 0 aliphatic carbocycles. The van der Waals surface area contributed by atoms with Gasteiger partial charge in [0.2, 0.25) is 0 Å². The molecule has 1 N–H and O–H groups in total. The first-order chi connectivity index (χ1) is 7.70. The molecule has 0 spiro atoms. The van der Waals surface area contributed by atoms with Crippen LogP contribution < -0.4 is 10.2 Å². The molecular weight excluding hydrogens is 227 g/mol. The number of nitrogens with zero attached hydrogens (tertiary/aromatic N) is 1. The zero-order valence-corrected chi connectivity index (χ0v) is 9.89. The maximum Gasteiger partial charge on any atom is 0.125 e. The molecule has 1 aromatic rings. The third kappa shape index (κ3) is 1.31. The zero-order valence-electron chi connectivity index (χ0n) is 9.13. The Morgan fingerprint density at radius 3 is 3.12 bits per heavy atom. The first-order valence-corrected chi connectivity index (χ1v) is 6.17. The highest BCUT2D eigenvalue weighted by Gasteiger charge is 2.36. The van der Waals surface area contributed by atoms with Gasteiger partial charge in [0, 0.05) is 6.04 Å². The molecule has 2 nitrogen and oxygen atoms in total. The minimum Gasteiger partial charge on any atom is -0.362 e. The monoisotopic (exact) mass is 240 g/mol. The fraction of sp³-hybridized carbons (Fsp3) is 0.500. The zero-order chi connectivity index (χ0) is 11.3. The largest absolute Gasteiger partial charge is 0.362 e. The van der Waals surface area contributed by atoms with Crippen LogP contribution in [0.5, 0.6) is 0 Å². The van der Waals surface area contributed by atoms with Gasteiger partial charge in [0.1, 0.15) is 12.0 Å². The van der Waals surface area contributed by atoms with E-state index in [4.69, 9.17) is 11.6 Å². The highest BCUT2D eigenvalue weighted by atomic mass is 35.5. The Balaban J connectivity index is 2.15. The SMILES string of the molecule is CC1CCc2cc(F)cc3c2N1C(CCl)N3. The molecule has 2 aliphatic heterocycles. The summed E-state index contributed by atoms with van der Waals surface area (Å²) in [4.78, 5) is 2.29. The van der Waals surface area contributed by atoms with Crippen molar-refractivity contribution < 1.29 is 4.39 Å². The predicted octanol–water partition coefficient (Wildman–Crippen LogP) is 2.96. The number of benzene rings is 1. The van der Waals surface area contributed by atoms with Gasteiger partial charge in [-0.3, -0.25) is 0 Å². The predicted molar refractivity (Wildman–Crippen MR) is 64.8 cm³/mol. The smallest absolute Gasteiger partial charge is 0.125 e. The van der Waals surface area contributed by atoms with E-state index in [0.717, 1.165) is 29.8 Å². The maximum absolute atomic E-state index is 13.4. The van der Waals surface area contributed by atoms with E-state index in [9.17, 15) is 4.39 Å². The van der Waals surface area contributed by atoms with Gasteiger partial charge in [-0.05, 0) is 37.5 Å². The van der Waals surface area contributed by atoms with E-state index in [0.29, 0.717) is 11.9 Å². The van der Waals surface area contributed by atoms with Crippen LogP contribution >= 0.6 is 11.6 Å². The molecule has 0 bridgehead atoms. The second kappa shape index (κ2) is 3.52. The van der Waals surface area contributed by atoms with Crippen LogP contribution in [0.2, 0.25) is 0 Å². The molecule has 16 heavy (non-hydrogen) atoms. The standard InChI is InChI=1S/C12H14ClFN2/c1-7-2-3-8-4-9(14)5-10-12(8)16(7)11(6-13)15-10/h4-5,7,11,15H,2-3,6H2,1H3. The molecule has 3 rings (SSSR count). The Morgan fingerprint density at radius 2 is 2.38 bits per heavy atom. The van der Waals surface area contributed by atoms with Crippen LogP contribution in [0.1, 0.15) is 18.9 Å². The maximum atomic E-state index is 13.4. The molecular formula is C12H14ClFN2. The van der Waals surface area contributed by atoms with E-state index in [2.05, 4.69) is 17.1 Å². The van der Waals surface area contributed by atoms with Crippen molar-refractivity contribution in [2.24, 2.45) is 0 Å². The first kappa shape index (κ1) is 10.2. The van der Waals surface area contributed by atoms with Gasteiger partial charge in [-0.1, -0.05) is 0 Å². The lowest BCUT2D eigenvalue weighted by Gasteiger charge is -2.36. The lowest BCUT2D eigenvalue weighted by atomic mass is 9.96. The number of hydrogen-bond acceptors (Lipinski definition) is 2. The molecule has 0 saturated carbocycles. The van der Waals surface area contributed by atoms with Gasteiger partial charge in [-0.2, -0.15) is 0 Å². The van der Waals surface area contributed by atoms with Crippen LogP contribution in [0.15, 0.2) is 12.1 Å². The van der Waals surface area contributed by atoms with Crippen molar-refractivity contribution >= 4 is 23.0 Å². The minimum atomic E-state index is -0.161. The van der Waals surface area contributed by atoms with E-state index >= 15 is 0 Å². The van der Waals surface area contributed by atoms with Crippen LogP contribution in [-0.4, -0.2) is 18.1 Å². The average Bonchev–Trinajstić information content (AvgIpc) is 2.63. The quantitative estimate of drug-likeness (QED) is 0.760. The van der Waals surface area contributed by atoms with E-state index in [1.807, 2.05) is 0 Å². The van der Waals surface area contributed by atoms with Crippen molar-refractivity contribution in [2.45, 2.75) is 32.0 Å². The van der Waals surface area contributed by atoms with Gasteiger partial charge in [0.25, 0.3) is 0 Å². The normalized spacial score (nSPS) is 26.6. The minimum absolute atomic E-state index is 0.104. The van der Waals surface area contributed by atoms with Crippen LogP contribution in [0.4, 0.5) is 15.8 Å². The van der Waals surface area contributed by atoms with Gasteiger partial charge >= 0.3 is 0 Å². The average molecular weight is 241 g/mol. The van der Waals surface area contributed by atoms with Crippen LogP contribution in [0.25, 0.3) is 0 Å². The van der Waals surface area contributed by atoms with Gasteiger partial charge in [0.05, 0.1) is 17.3 Å². The Labute approximate surface area is 99.4 Å². The molecule has 1 aromatic carbocycles. The Morgan fingerprint density at radius 1 is 1.56 bits per heavy atom. The molecule has 2 aliphatic rings. The third-order valence-electron chi connectivity index (χ3n) is 3.52.